The number of hydrogen-bond donors (Lipinski definition) is 1. The number of methoxy groups -OCH3 is 1. The molecule has 0 aliphatic carbocycles. The number of carbonyl (C=O) groups excluding carboxylic acids is 1. The number of alkyl halides is 2. The Labute approximate surface area is 78.7 Å². The fraction of sp³-hybridized carbons (Fsp3) is 0.250. The minimum absolute atomic E-state index is 0.0621. The van der Waals surface area contributed by atoms with Crippen molar-refractivity contribution in [1.29, 1.82) is 0 Å². The van der Waals surface area contributed by atoms with Gasteiger partial charge in [0.25, 0.3) is 6.43 Å². The molecule has 76 valence electrons. The van der Waals surface area contributed by atoms with Gasteiger partial charge in [-0.1, -0.05) is 0 Å². The zero-order valence-corrected chi connectivity index (χ0v) is 7.33. The summed E-state index contributed by atoms with van der Waals surface area (Å²) in [6.45, 7) is 0. The lowest BCUT2D eigenvalue weighted by atomic mass is 10.2. The molecule has 4 nitrogen and oxygen atoms in total. The van der Waals surface area contributed by atoms with Crippen LogP contribution in [0.3, 0.4) is 0 Å². The molecule has 0 amide bonds. The molecule has 0 bridgehead atoms. The molecule has 0 aliphatic heterocycles. The number of esters is 1. The topological polar surface area (TPSA) is 65.2 Å². The second-order valence-electron chi connectivity index (χ2n) is 2.46. The maximum atomic E-state index is 12.4. The van der Waals surface area contributed by atoms with Gasteiger partial charge in [0.2, 0.25) is 0 Å². The third-order valence-electron chi connectivity index (χ3n) is 1.56. The van der Waals surface area contributed by atoms with E-state index in [9.17, 15) is 13.6 Å². The highest BCUT2D eigenvalue weighted by Gasteiger charge is 2.20. The van der Waals surface area contributed by atoms with E-state index in [2.05, 4.69) is 9.72 Å². The highest BCUT2D eigenvalue weighted by molar-refractivity contribution is 5.90. The largest absolute Gasteiger partial charge is 0.465 e. The molecular formula is C8H8F2N2O2. The van der Waals surface area contributed by atoms with E-state index in [4.69, 9.17) is 5.73 Å². The number of nitrogens with zero attached hydrogens (tertiary/aromatic N) is 1. The average Bonchev–Trinajstić information content (AvgIpc) is 2.16. The lowest BCUT2D eigenvalue weighted by molar-refractivity contribution is 0.0587. The van der Waals surface area contributed by atoms with E-state index >= 15 is 0 Å². The number of ether oxygens (including phenoxy) is 1. The number of nitrogens with two attached hydrogens (primary N) is 1. The summed E-state index contributed by atoms with van der Waals surface area (Å²) in [5.74, 6) is -0.916. The third kappa shape index (κ3) is 1.95. The quantitative estimate of drug-likeness (QED) is 0.736. The number of rotatable bonds is 2. The average molecular weight is 202 g/mol. The van der Waals surface area contributed by atoms with Crippen LogP contribution in [0, 0.1) is 0 Å². The van der Waals surface area contributed by atoms with Gasteiger partial charge in [-0.05, 0) is 12.1 Å². The Balaban J connectivity index is 3.21. The fourth-order valence-corrected chi connectivity index (χ4v) is 0.940. The molecule has 1 aromatic heterocycles. The third-order valence-corrected chi connectivity index (χ3v) is 1.56. The van der Waals surface area contributed by atoms with Gasteiger partial charge in [0.05, 0.1) is 12.7 Å². The van der Waals surface area contributed by atoms with Gasteiger partial charge < -0.3 is 10.5 Å². The number of carbonyl (C=O) groups is 1. The second-order valence-corrected chi connectivity index (χ2v) is 2.46. The van der Waals surface area contributed by atoms with E-state index in [1.807, 2.05) is 0 Å². The Hall–Kier alpha value is -1.72. The first-order valence-electron chi connectivity index (χ1n) is 3.69. The predicted molar refractivity (Wildman–Crippen MR) is 44.9 cm³/mol. The minimum Gasteiger partial charge on any atom is -0.465 e. The molecule has 0 saturated carbocycles. The summed E-state index contributed by atoms with van der Waals surface area (Å²) in [6.07, 6.45) is -2.85. The molecule has 6 heteroatoms. The molecule has 0 aliphatic rings. The van der Waals surface area contributed by atoms with Gasteiger partial charge in [-0.3, -0.25) is 0 Å². The van der Waals surface area contributed by atoms with Crippen LogP contribution in [0.5, 0.6) is 0 Å². The predicted octanol–water partition coefficient (Wildman–Crippen LogP) is 1.39. The molecular weight excluding hydrogens is 194 g/mol. The Morgan fingerprint density at radius 3 is 2.71 bits per heavy atom. The highest BCUT2D eigenvalue weighted by atomic mass is 19.3. The van der Waals surface area contributed by atoms with Crippen LogP contribution in [-0.4, -0.2) is 18.1 Å². The van der Waals surface area contributed by atoms with Crippen LogP contribution in [0.1, 0.15) is 22.5 Å². The molecule has 14 heavy (non-hydrogen) atoms. The molecule has 0 spiro atoms. The Bertz CT molecular complexity index is 355. The lowest BCUT2D eigenvalue weighted by Gasteiger charge is -2.06. The summed E-state index contributed by atoms with van der Waals surface area (Å²) in [7, 11) is 1.11. The normalized spacial score (nSPS) is 10.3. The smallest absolute Gasteiger partial charge is 0.339 e. The van der Waals surface area contributed by atoms with E-state index in [0.717, 1.165) is 13.2 Å². The van der Waals surface area contributed by atoms with E-state index < -0.39 is 18.1 Å². The van der Waals surface area contributed by atoms with E-state index in [-0.39, 0.29) is 11.4 Å². The van der Waals surface area contributed by atoms with Gasteiger partial charge in [0.15, 0.2) is 0 Å². The SMILES string of the molecule is COC(=O)c1ccc(N)nc1C(F)F. The van der Waals surface area contributed by atoms with Crippen LogP contribution in [-0.2, 0) is 4.74 Å². The summed E-state index contributed by atoms with van der Waals surface area (Å²) in [6, 6.07) is 2.42. The molecule has 0 fully saturated rings. The number of hydrogen-bond acceptors (Lipinski definition) is 4. The van der Waals surface area contributed by atoms with Crippen molar-refractivity contribution in [1.82, 2.24) is 4.98 Å². The molecule has 0 atom stereocenters. The first-order valence-corrected chi connectivity index (χ1v) is 3.69. The number of halogens is 2. The molecule has 0 unspecified atom stereocenters. The number of aromatic nitrogens is 1. The van der Waals surface area contributed by atoms with Crippen molar-refractivity contribution in [3.05, 3.63) is 23.4 Å². The molecule has 1 rings (SSSR count). The van der Waals surface area contributed by atoms with Gasteiger partial charge in [-0.15, -0.1) is 0 Å². The Morgan fingerprint density at radius 1 is 1.57 bits per heavy atom. The molecule has 0 radical (unpaired) electrons. The fourth-order valence-electron chi connectivity index (χ4n) is 0.940. The van der Waals surface area contributed by atoms with Crippen molar-refractivity contribution >= 4 is 11.8 Å². The molecule has 0 aromatic carbocycles. The summed E-state index contributed by atoms with van der Waals surface area (Å²) < 4.78 is 29.1. The maximum Gasteiger partial charge on any atom is 0.339 e. The van der Waals surface area contributed by atoms with Gasteiger partial charge in [-0.25, -0.2) is 18.6 Å². The number of anilines is 1. The van der Waals surface area contributed by atoms with Crippen molar-refractivity contribution in [2.45, 2.75) is 6.43 Å². The number of pyridine rings is 1. The van der Waals surface area contributed by atoms with Crippen molar-refractivity contribution in [2.24, 2.45) is 0 Å². The standard InChI is InChI=1S/C8H8F2N2O2/c1-14-8(13)4-2-3-5(11)12-6(4)7(9)10/h2-3,7H,1H3,(H2,11,12). The summed E-state index contributed by atoms with van der Waals surface area (Å²) in [4.78, 5) is 14.4. The molecule has 1 heterocycles. The Morgan fingerprint density at radius 2 is 2.21 bits per heavy atom. The first kappa shape index (κ1) is 10.4. The first-order chi connectivity index (χ1) is 6.56. The lowest BCUT2D eigenvalue weighted by Crippen LogP contribution is -2.09. The van der Waals surface area contributed by atoms with E-state index in [0.29, 0.717) is 0 Å². The van der Waals surface area contributed by atoms with Crippen LogP contribution in [0.4, 0.5) is 14.6 Å². The Kier molecular flexibility index (Phi) is 2.95. The van der Waals surface area contributed by atoms with E-state index in [1.165, 1.54) is 6.07 Å². The van der Waals surface area contributed by atoms with Crippen LogP contribution < -0.4 is 5.73 Å². The van der Waals surface area contributed by atoms with Crippen LogP contribution in [0.15, 0.2) is 12.1 Å². The zero-order valence-electron chi connectivity index (χ0n) is 7.33. The maximum absolute atomic E-state index is 12.4. The molecule has 1 aromatic rings. The van der Waals surface area contributed by atoms with Gasteiger partial charge >= 0.3 is 5.97 Å². The molecule has 2 N–H and O–H groups in total. The zero-order chi connectivity index (χ0) is 10.7. The summed E-state index contributed by atoms with van der Waals surface area (Å²) in [5.41, 5.74) is 4.29. The van der Waals surface area contributed by atoms with Crippen molar-refractivity contribution in [2.75, 3.05) is 12.8 Å². The monoisotopic (exact) mass is 202 g/mol. The van der Waals surface area contributed by atoms with Gasteiger partial charge in [0, 0.05) is 0 Å². The molecule has 0 saturated heterocycles. The van der Waals surface area contributed by atoms with Gasteiger partial charge in [-0.2, -0.15) is 0 Å². The van der Waals surface area contributed by atoms with Crippen molar-refractivity contribution in [3.8, 4) is 0 Å². The highest BCUT2D eigenvalue weighted by Crippen LogP contribution is 2.22. The summed E-state index contributed by atoms with van der Waals surface area (Å²) in [5, 5.41) is 0. The summed E-state index contributed by atoms with van der Waals surface area (Å²) >= 11 is 0. The second kappa shape index (κ2) is 3.99. The van der Waals surface area contributed by atoms with Crippen LogP contribution in [0.2, 0.25) is 0 Å². The van der Waals surface area contributed by atoms with Crippen LogP contribution >= 0.6 is 0 Å². The van der Waals surface area contributed by atoms with Crippen LogP contribution in [0.25, 0.3) is 0 Å². The van der Waals surface area contributed by atoms with Crippen molar-refractivity contribution < 1.29 is 18.3 Å². The van der Waals surface area contributed by atoms with E-state index in [1.54, 1.807) is 0 Å². The van der Waals surface area contributed by atoms with Gasteiger partial charge in [0.1, 0.15) is 11.5 Å². The van der Waals surface area contributed by atoms with Crippen molar-refractivity contribution in [3.63, 3.8) is 0 Å². The number of nitrogen functional groups attached to an aromatic ring is 1. The minimum atomic E-state index is -2.85.